The van der Waals surface area contributed by atoms with Gasteiger partial charge in [-0.1, -0.05) is 35.0 Å². The number of halogens is 1. The monoisotopic (exact) mass is 269 g/mol. The minimum absolute atomic E-state index is 0.0196. The van der Waals surface area contributed by atoms with E-state index in [0.717, 1.165) is 17.7 Å². The van der Waals surface area contributed by atoms with E-state index in [1.54, 1.807) is 0 Å². The first-order chi connectivity index (χ1) is 7.06. The molecule has 1 aromatic carbocycles. The molecule has 0 aliphatic rings. The number of hydrogen-bond acceptors (Lipinski definition) is 1. The summed E-state index contributed by atoms with van der Waals surface area (Å²) in [6.45, 7) is 6.03. The van der Waals surface area contributed by atoms with Gasteiger partial charge in [0, 0.05) is 5.69 Å². The van der Waals surface area contributed by atoms with Gasteiger partial charge in [-0.2, -0.15) is 0 Å². The lowest BCUT2D eigenvalue weighted by molar-refractivity contribution is -0.115. The lowest BCUT2D eigenvalue weighted by atomic mass is 10.1. The second kappa shape index (κ2) is 5.31. The molecule has 15 heavy (non-hydrogen) atoms. The largest absolute Gasteiger partial charge is 0.325 e. The van der Waals surface area contributed by atoms with Crippen molar-refractivity contribution in [1.29, 1.82) is 0 Å². The lowest BCUT2D eigenvalue weighted by Crippen LogP contribution is -2.22. The lowest BCUT2D eigenvalue weighted by Gasteiger charge is -2.12. The van der Waals surface area contributed by atoms with Gasteiger partial charge in [-0.15, -0.1) is 0 Å². The van der Waals surface area contributed by atoms with Crippen LogP contribution in [0.1, 0.15) is 24.5 Å². The van der Waals surface area contributed by atoms with Gasteiger partial charge in [-0.05, 0) is 37.5 Å². The molecular weight excluding hydrogens is 254 g/mol. The third kappa shape index (κ3) is 3.06. The first-order valence-electron chi connectivity index (χ1n) is 5.07. The van der Waals surface area contributed by atoms with Gasteiger partial charge in [0.15, 0.2) is 0 Å². The van der Waals surface area contributed by atoms with E-state index in [0.29, 0.717) is 0 Å². The molecule has 0 aliphatic heterocycles. The van der Waals surface area contributed by atoms with E-state index in [1.165, 1.54) is 5.56 Å². The molecule has 3 heteroatoms. The van der Waals surface area contributed by atoms with Crippen molar-refractivity contribution in [1.82, 2.24) is 0 Å². The van der Waals surface area contributed by atoms with Gasteiger partial charge in [0.05, 0.1) is 4.83 Å². The Balaban J connectivity index is 2.81. The molecule has 1 aromatic rings. The highest BCUT2D eigenvalue weighted by molar-refractivity contribution is 9.10. The summed E-state index contributed by atoms with van der Waals surface area (Å²) in [5.41, 5.74) is 3.22. The van der Waals surface area contributed by atoms with E-state index < -0.39 is 0 Å². The van der Waals surface area contributed by atoms with Crippen LogP contribution in [0, 0.1) is 13.8 Å². The molecule has 82 valence electrons. The Bertz CT molecular complexity index is 363. The highest BCUT2D eigenvalue weighted by Gasteiger charge is 2.13. The topological polar surface area (TPSA) is 29.1 Å². The van der Waals surface area contributed by atoms with Crippen LogP contribution in [0.2, 0.25) is 0 Å². The van der Waals surface area contributed by atoms with Crippen LogP contribution in [0.3, 0.4) is 0 Å². The maximum atomic E-state index is 11.6. The third-order valence-electron chi connectivity index (χ3n) is 2.51. The first kappa shape index (κ1) is 12.2. The minimum Gasteiger partial charge on any atom is -0.325 e. The number of amides is 1. The maximum Gasteiger partial charge on any atom is 0.238 e. The molecule has 0 bridgehead atoms. The number of rotatable bonds is 3. The Morgan fingerprint density at radius 2 is 2.13 bits per heavy atom. The van der Waals surface area contributed by atoms with E-state index in [4.69, 9.17) is 0 Å². The van der Waals surface area contributed by atoms with Crippen molar-refractivity contribution in [3.8, 4) is 0 Å². The molecule has 0 fully saturated rings. The fourth-order valence-corrected chi connectivity index (χ4v) is 1.40. The van der Waals surface area contributed by atoms with Crippen molar-refractivity contribution >= 4 is 27.5 Å². The molecule has 1 rings (SSSR count). The predicted octanol–water partition coefficient (Wildman–Crippen LogP) is 3.42. The summed E-state index contributed by atoms with van der Waals surface area (Å²) in [7, 11) is 0. The molecule has 0 saturated heterocycles. The van der Waals surface area contributed by atoms with E-state index in [-0.39, 0.29) is 10.7 Å². The van der Waals surface area contributed by atoms with Gasteiger partial charge in [0.25, 0.3) is 0 Å². The molecule has 0 aliphatic carbocycles. The highest BCUT2D eigenvalue weighted by Crippen LogP contribution is 2.19. The van der Waals surface area contributed by atoms with E-state index >= 15 is 0 Å². The SMILES string of the molecule is CC[C@H](Br)C(=O)Nc1cccc(C)c1C. The molecule has 2 nitrogen and oxygen atoms in total. The second-order valence-electron chi connectivity index (χ2n) is 3.61. The summed E-state index contributed by atoms with van der Waals surface area (Å²) in [4.78, 5) is 11.5. The van der Waals surface area contributed by atoms with Crippen molar-refractivity contribution in [2.24, 2.45) is 0 Å². The van der Waals surface area contributed by atoms with Gasteiger partial charge < -0.3 is 5.32 Å². The van der Waals surface area contributed by atoms with Crippen LogP contribution in [0.25, 0.3) is 0 Å². The number of carbonyl (C=O) groups excluding carboxylic acids is 1. The smallest absolute Gasteiger partial charge is 0.238 e. The van der Waals surface area contributed by atoms with Gasteiger partial charge in [0.2, 0.25) is 5.91 Å². The Kier molecular flexibility index (Phi) is 4.33. The van der Waals surface area contributed by atoms with E-state index in [1.807, 2.05) is 39.0 Å². The fourth-order valence-electron chi connectivity index (χ4n) is 1.28. The van der Waals surface area contributed by atoms with Crippen LogP contribution in [0.4, 0.5) is 5.69 Å². The van der Waals surface area contributed by atoms with Crippen LogP contribution < -0.4 is 5.32 Å². The van der Waals surface area contributed by atoms with Gasteiger partial charge >= 0.3 is 0 Å². The average molecular weight is 270 g/mol. The molecular formula is C12H16BrNO. The fraction of sp³-hybridized carbons (Fsp3) is 0.417. The van der Waals surface area contributed by atoms with Gasteiger partial charge in [-0.3, -0.25) is 4.79 Å². The Morgan fingerprint density at radius 3 is 2.73 bits per heavy atom. The zero-order valence-electron chi connectivity index (χ0n) is 9.30. The first-order valence-corrected chi connectivity index (χ1v) is 5.99. The van der Waals surface area contributed by atoms with Gasteiger partial charge in [0.1, 0.15) is 0 Å². The Hall–Kier alpha value is -0.830. The summed E-state index contributed by atoms with van der Waals surface area (Å²) in [6, 6.07) is 5.92. The Morgan fingerprint density at radius 1 is 1.47 bits per heavy atom. The molecule has 0 aromatic heterocycles. The van der Waals surface area contributed by atoms with Crippen molar-refractivity contribution in [2.75, 3.05) is 5.32 Å². The van der Waals surface area contributed by atoms with Crippen LogP contribution in [-0.2, 0) is 4.79 Å². The molecule has 0 unspecified atom stereocenters. The summed E-state index contributed by atoms with van der Waals surface area (Å²) in [6.07, 6.45) is 0.788. The van der Waals surface area contributed by atoms with Crippen LogP contribution >= 0.6 is 15.9 Å². The van der Waals surface area contributed by atoms with Crippen molar-refractivity contribution in [3.63, 3.8) is 0 Å². The number of hydrogen-bond donors (Lipinski definition) is 1. The molecule has 0 heterocycles. The summed E-state index contributed by atoms with van der Waals surface area (Å²) in [5, 5.41) is 2.92. The normalized spacial score (nSPS) is 12.3. The standard InChI is InChI=1S/C12H16BrNO/c1-4-10(13)12(15)14-11-7-5-6-8(2)9(11)3/h5-7,10H,4H2,1-3H3,(H,14,15)/t10-/m0/s1. The van der Waals surface area contributed by atoms with Crippen LogP contribution in [0.15, 0.2) is 18.2 Å². The molecule has 1 amide bonds. The van der Waals surface area contributed by atoms with Gasteiger partial charge in [-0.25, -0.2) is 0 Å². The number of aryl methyl sites for hydroxylation is 1. The van der Waals surface area contributed by atoms with E-state index in [9.17, 15) is 4.79 Å². The zero-order chi connectivity index (χ0) is 11.4. The highest BCUT2D eigenvalue weighted by atomic mass is 79.9. The van der Waals surface area contributed by atoms with Crippen molar-refractivity contribution in [2.45, 2.75) is 32.0 Å². The average Bonchev–Trinajstić information content (AvgIpc) is 2.23. The predicted molar refractivity (Wildman–Crippen MR) is 67.6 cm³/mol. The number of nitrogens with one attached hydrogen (secondary N) is 1. The number of carbonyl (C=O) groups is 1. The second-order valence-corrected chi connectivity index (χ2v) is 4.72. The van der Waals surface area contributed by atoms with Crippen molar-refractivity contribution < 1.29 is 4.79 Å². The molecule has 1 N–H and O–H groups in total. The molecule has 0 radical (unpaired) electrons. The maximum absolute atomic E-state index is 11.6. The zero-order valence-corrected chi connectivity index (χ0v) is 10.9. The number of alkyl halides is 1. The molecule has 1 atom stereocenters. The third-order valence-corrected chi connectivity index (χ3v) is 3.57. The molecule has 0 saturated carbocycles. The summed E-state index contributed by atoms with van der Waals surface area (Å²) >= 11 is 3.33. The molecule has 0 spiro atoms. The van der Waals surface area contributed by atoms with Crippen LogP contribution in [0.5, 0.6) is 0 Å². The quantitative estimate of drug-likeness (QED) is 0.838. The van der Waals surface area contributed by atoms with Crippen LogP contribution in [-0.4, -0.2) is 10.7 Å². The minimum atomic E-state index is -0.114. The Labute approximate surface area is 99.2 Å². The number of anilines is 1. The summed E-state index contributed by atoms with van der Waals surface area (Å²) < 4.78 is 0. The van der Waals surface area contributed by atoms with E-state index in [2.05, 4.69) is 21.2 Å². The number of benzene rings is 1. The van der Waals surface area contributed by atoms with Crippen molar-refractivity contribution in [3.05, 3.63) is 29.3 Å². The summed E-state index contributed by atoms with van der Waals surface area (Å²) in [5.74, 6) is 0.0196.